The van der Waals surface area contributed by atoms with E-state index in [-0.39, 0.29) is 11.4 Å². The molecule has 0 aliphatic carbocycles. The number of aromatic nitrogens is 1. The Morgan fingerprint density at radius 1 is 0.962 bits per heavy atom. The molecule has 2 rings (SSSR count). The van der Waals surface area contributed by atoms with Gasteiger partial charge in [0, 0.05) is 11.8 Å². The zero-order valence-corrected chi connectivity index (χ0v) is 14.1. The van der Waals surface area contributed by atoms with Gasteiger partial charge in [-0.1, -0.05) is 18.2 Å². The van der Waals surface area contributed by atoms with Crippen molar-refractivity contribution in [3.63, 3.8) is 0 Å². The number of amides is 1. The van der Waals surface area contributed by atoms with E-state index in [1.165, 1.54) is 18.3 Å². The molecule has 0 radical (unpaired) electrons. The number of aliphatic hydroxyl groups is 1. The van der Waals surface area contributed by atoms with Crippen molar-refractivity contribution in [2.75, 3.05) is 19.5 Å². The number of benzene rings is 1. The Hall–Kier alpha value is -3.68. The molecule has 1 aromatic heterocycles. The van der Waals surface area contributed by atoms with E-state index >= 15 is 0 Å². The highest BCUT2D eigenvalue weighted by Crippen LogP contribution is 2.24. The molecule has 2 aromatic rings. The zero-order valence-electron chi connectivity index (χ0n) is 14.1. The van der Waals surface area contributed by atoms with Crippen LogP contribution in [0.3, 0.4) is 0 Å². The largest absolute Gasteiger partial charge is 0.506 e. The van der Waals surface area contributed by atoms with Crippen molar-refractivity contribution in [3.8, 4) is 0 Å². The highest BCUT2D eigenvalue weighted by molar-refractivity contribution is 6.19. The second-order valence-corrected chi connectivity index (χ2v) is 4.93. The van der Waals surface area contributed by atoms with E-state index in [0.717, 1.165) is 14.2 Å². The molecule has 134 valence electrons. The molecule has 0 saturated carbocycles. The van der Waals surface area contributed by atoms with E-state index in [1.54, 1.807) is 30.3 Å². The van der Waals surface area contributed by atoms with Crippen LogP contribution < -0.4 is 5.32 Å². The van der Waals surface area contributed by atoms with Crippen LogP contribution in [0.25, 0.3) is 5.76 Å². The molecule has 2 N–H and O–H groups in total. The lowest BCUT2D eigenvalue weighted by molar-refractivity contribution is -0.144. The number of methoxy groups -OCH3 is 2. The first-order valence-corrected chi connectivity index (χ1v) is 7.41. The van der Waals surface area contributed by atoms with Crippen molar-refractivity contribution in [1.29, 1.82) is 0 Å². The fourth-order valence-electron chi connectivity index (χ4n) is 2.08. The van der Waals surface area contributed by atoms with Crippen LogP contribution in [0.5, 0.6) is 0 Å². The van der Waals surface area contributed by atoms with Crippen molar-refractivity contribution in [1.82, 2.24) is 4.98 Å². The van der Waals surface area contributed by atoms with E-state index in [4.69, 9.17) is 0 Å². The summed E-state index contributed by atoms with van der Waals surface area (Å²) in [5.41, 5.74) is -0.380. The van der Waals surface area contributed by atoms with Gasteiger partial charge in [0.1, 0.15) is 11.6 Å². The Morgan fingerprint density at radius 2 is 1.58 bits per heavy atom. The maximum atomic E-state index is 12.3. The van der Waals surface area contributed by atoms with Crippen LogP contribution in [-0.4, -0.2) is 42.2 Å². The molecule has 0 unspecified atom stereocenters. The predicted octanol–water partition coefficient (Wildman–Crippen LogP) is 1.95. The molecule has 0 aliphatic heterocycles. The van der Waals surface area contributed by atoms with E-state index in [0.29, 0.717) is 5.56 Å². The molecule has 0 bridgehead atoms. The third kappa shape index (κ3) is 4.04. The van der Waals surface area contributed by atoms with E-state index < -0.39 is 29.2 Å². The SMILES string of the molecule is COC(=O)C(C(=O)OC)=C(O)c1cccnc1NC(=O)c1ccccc1. The fraction of sp³-hybridized carbons (Fsp3) is 0.111. The zero-order chi connectivity index (χ0) is 19.1. The first kappa shape index (κ1) is 18.7. The average Bonchev–Trinajstić information content (AvgIpc) is 2.68. The number of aliphatic hydroxyl groups excluding tert-OH is 1. The van der Waals surface area contributed by atoms with Gasteiger partial charge in [0.15, 0.2) is 5.57 Å². The molecule has 0 saturated heterocycles. The van der Waals surface area contributed by atoms with Gasteiger partial charge in [0.2, 0.25) is 0 Å². The number of carbonyl (C=O) groups is 3. The van der Waals surface area contributed by atoms with Gasteiger partial charge in [0.05, 0.1) is 19.8 Å². The van der Waals surface area contributed by atoms with Gasteiger partial charge < -0.3 is 19.9 Å². The lowest BCUT2D eigenvalue weighted by Crippen LogP contribution is -2.19. The van der Waals surface area contributed by atoms with Crippen molar-refractivity contribution in [2.24, 2.45) is 0 Å². The summed E-state index contributed by atoms with van der Waals surface area (Å²) in [7, 11) is 2.11. The molecule has 8 heteroatoms. The van der Waals surface area contributed by atoms with Crippen LogP contribution in [0, 0.1) is 0 Å². The van der Waals surface area contributed by atoms with Gasteiger partial charge in [-0.25, -0.2) is 14.6 Å². The highest BCUT2D eigenvalue weighted by atomic mass is 16.5. The first-order valence-electron chi connectivity index (χ1n) is 7.41. The van der Waals surface area contributed by atoms with Crippen molar-refractivity contribution in [3.05, 3.63) is 65.4 Å². The van der Waals surface area contributed by atoms with Gasteiger partial charge >= 0.3 is 11.9 Å². The van der Waals surface area contributed by atoms with Crippen LogP contribution in [0.1, 0.15) is 15.9 Å². The van der Waals surface area contributed by atoms with E-state index in [9.17, 15) is 19.5 Å². The molecular weight excluding hydrogens is 340 g/mol. The number of pyridine rings is 1. The summed E-state index contributed by atoms with van der Waals surface area (Å²) in [4.78, 5) is 40.0. The summed E-state index contributed by atoms with van der Waals surface area (Å²) in [5.74, 6) is -3.41. The van der Waals surface area contributed by atoms with Crippen LogP contribution in [0.4, 0.5) is 5.82 Å². The van der Waals surface area contributed by atoms with E-state index in [2.05, 4.69) is 19.8 Å². The number of hydrogen-bond acceptors (Lipinski definition) is 7. The van der Waals surface area contributed by atoms with Crippen molar-refractivity contribution in [2.45, 2.75) is 0 Å². The Balaban J connectivity index is 2.47. The van der Waals surface area contributed by atoms with Gasteiger partial charge in [-0.15, -0.1) is 0 Å². The Bertz CT molecular complexity index is 843. The smallest absolute Gasteiger partial charge is 0.349 e. The van der Waals surface area contributed by atoms with Gasteiger partial charge in [0.25, 0.3) is 5.91 Å². The Kier molecular flexibility index (Phi) is 6.05. The topological polar surface area (TPSA) is 115 Å². The third-order valence-corrected chi connectivity index (χ3v) is 3.35. The molecule has 0 fully saturated rings. The summed E-state index contributed by atoms with van der Waals surface area (Å²) in [5, 5.41) is 13.0. The lowest BCUT2D eigenvalue weighted by atomic mass is 10.1. The molecule has 26 heavy (non-hydrogen) atoms. The van der Waals surface area contributed by atoms with Crippen LogP contribution in [0.2, 0.25) is 0 Å². The standard InChI is InChI=1S/C18H16N2O6/c1-25-17(23)13(18(24)26-2)14(21)12-9-6-10-19-15(12)20-16(22)11-7-4-3-5-8-11/h3-10,21H,1-2H3,(H,19,20,22). The molecule has 1 amide bonds. The molecule has 1 heterocycles. The molecular formula is C18H16N2O6. The van der Waals surface area contributed by atoms with Crippen LogP contribution in [-0.2, 0) is 19.1 Å². The average molecular weight is 356 g/mol. The number of nitrogens with zero attached hydrogens (tertiary/aromatic N) is 1. The number of carbonyl (C=O) groups excluding carboxylic acids is 3. The van der Waals surface area contributed by atoms with Gasteiger partial charge in [-0.05, 0) is 24.3 Å². The number of anilines is 1. The minimum atomic E-state index is -1.08. The van der Waals surface area contributed by atoms with Gasteiger partial charge in [-0.3, -0.25) is 4.79 Å². The number of nitrogens with one attached hydrogen (secondary N) is 1. The quantitative estimate of drug-likeness (QED) is 0.277. The summed E-state index contributed by atoms with van der Waals surface area (Å²) < 4.78 is 9.01. The van der Waals surface area contributed by atoms with Crippen LogP contribution >= 0.6 is 0 Å². The van der Waals surface area contributed by atoms with E-state index in [1.807, 2.05) is 0 Å². The maximum absolute atomic E-state index is 12.3. The number of ether oxygens (including phenoxy) is 2. The summed E-state index contributed by atoms with van der Waals surface area (Å²) in [6.07, 6.45) is 1.38. The molecule has 1 aromatic carbocycles. The van der Waals surface area contributed by atoms with Crippen molar-refractivity contribution >= 4 is 29.4 Å². The second-order valence-electron chi connectivity index (χ2n) is 4.93. The molecule has 8 nitrogen and oxygen atoms in total. The maximum Gasteiger partial charge on any atom is 0.349 e. The van der Waals surface area contributed by atoms with Crippen LogP contribution in [0.15, 0.2) is 54.2 Å². The van der Waals surface area contributed by atoms with Crippen molar-refractivity contribution < 1.29 is 29.0 Å². The number of esters is 2. The lowest BCUT2D eigenvalue weighted by Gasteiger charge is -2.12. The number of hydrogen-bond donors (Lipinski definition) is 2. The third-order valence-electron chi connectivity index (χ3n) is 3.35. The first-order chi connectivity index (χ1) is 12.5. The second kappa shape index (κ2) is 8.43. The summed E-state index contributed by atoms with van der Waals surface area (Å²) in [6.45, 7) is 0. The molecule has 0 atom stereocenters. The minimum Gasteiger partial charge on any atom is -0.506 e. The molecule has 0 spiro atoms. The monoisotopic (exact) mass is 356 g/mol. The Morgan fingerprint density at radius 3 is 2.15 bits per heavy atom. The Labute approximate surface area is 149 Å². The predicted molar refractivity (Wildman–Crippen MR) is 92.2 cm³/mol. The molecule has 0 aliphatic rings. The normalized spacial score (nSPS) is 9.77. The number of rotatable bonds is 5. The fourth-order valence-corrected chi connectivity index (χ4v) is 2.08. The minimum absolute atomic E-state index is 0.0378. The summed E-state index contributed by atoms with van der Waals surface area (Å²) >= 11 is 0. The highest BCUT2D eigenvalue weighted by Gasteiger charge is 2.27. The summed E-state index contributed by atoms with van der Waals surface area (Å²) in [6, 6.07) is 11.2. The van der Waals surface area contributed by atoms with Gasteiger partial charge in [-0.2, -0.15) is 0 Å².